The van der Waals surface area contributed by atoms with Crippen LogP contribution in [0.1, 0.15) is 15.9 Å². The maximum atomic E-state index is 13.2. The van der Waals surface area contributed by atoms with Crippen LogP contribution in [0.2, 0.25) is 0 Å². The van der Waals surface area contributed by atoms with Crippen molar-refractivity contribution in [1.82, 2.24) is 0 Å². The predicted octanol–water partition coefficient (Wildman–Crippen LogP) is 4.04. The van der Waals surface area contributed by atoms with Crippen molar-refractivity contribution in [1.29, 1.82) is 0 Å². The van der Waals surface area contributed by atoms with Crippen LogP contribution in [0.5, 0.6) is 0 Å². The molecule has 0 aliphatic heterocycles. The minimum atomic E-state index is -1.32. The Morgan fingerprint density at radius 1 is 1.15 bits per heavy atom. The van der Waals surface area contributed by atoms with Crippen LogP contribution in [0, 0.1) is 11.6 Å². The highest BCUT2D eigenvalue weighted by Gasteiger charge is 2.10. The lowest BCUT2D eigenvalue weighted by Crippen LogP contribution is -2.04. The molecule has 2 aromatic rings. The predicted molar refractivity (Wildman–Crippen MR) is 74.8 cm³/mol. The highest BCUT2D eigenvalue weighted by molar-refractivity contribution is 9.10. The fourth-order valence-electron chi connectivity index (χ4n) is 1.65. The molecule has 0 aliphatic rings. The first kappa shape index (κ1) is 14.5. The van der Waals surface area contributed by atoms with E-state index in [4.69, 9.17) is 5.11 Å². The summed E-state index contributed by atoms with van der Waals surface area (Å²) >= 11 is 3.08. The third-order valence-electron chi connectivity index (χ3n) is 2.68. The lowest BCUT2D eigenvalue weighted by atomic mass is 10.1. The van der Waals surface area contributed by atoms with E-state index >= 15 is 0 Å². The Bertz CT molecular complexity index is 662. The van der Waals surface area contributed by atoms with Crippen LogP contribution in [0.4, 0.5) is 14.5 Å². The number of carboxylic acid groups (broad SMARTS) is 1. The quantitative estimate of drug-likeness (QED) is 0.882. The molecule has 0 atom stereocenters. The zero-order valence-electron chi connectivity index (χ0n) is 10.2. The monoisotopic (exact) mass is 341 g/mol. The number of rotatable bonds is 4. The van der Waals surface area contributed by atoms with E-state index in [0.717, 1.165) is 11.6 Å². The maximum Gasteiger partial charge on any atom is 0.338 e. The molecule has 0 saturated heterocycles. The van der Waals surface area contributed by atoms with Gasteiger partial charge in [0, 0.05) is 12.2 Å². The second kappa shape index (κ2) is 6.00. The standard InChI is InChI=1S/C14H10BrF2NO2/c15-11-5-8(1-3-13(11)17)7-18-9-2-4-12(16)10(6-9)14(19)20/h1-6,18H,7H2,(H,19,20). The van der Waals surface area contributed by atoms with Crippen molar-refractivity contribution >= 4 is 27.6 Å². The third kappa shape index (κ3) is 3.33. The highest BCUT2D eigenvalue weighted by Crippen LogP contribution is 2.19. The van der Waals surface area contributed by atoms with E-state index in [-0.39, 0.29) is 5.82 Å². The van der Waals surface area contributed by atoms with Crippen molar-refractivity contribution in [3.8, 4) is 0 Å². The molecule has 0 aliphatic carbocycles. The molecule has 0 bridgehead atoms. The van der Waals surface area contributed by atoms with E-state index in [0.29, 0.717) is 16.7 Å². The molecule has 6 heteroatoms. The number of aromatic carboxylic acids is 1. The Kier molecular flexibility index (Phi) is 4.34. The first-order valence-corrected chi connectivity index (χ1v) is 6.47. The molecule has 20 heavy (non-hydrogen) atoms. The number of benzene rings is 2. The van der Waals surface area contributed by atoms with Gasteiger partial charge in [-0.25, -0.2) is 13.6 Å². The SMILES string of the molecule is O=C(O)c1cc(NCc2ccc(F)c(Br)c2)ccc1F. The molecule has 0 heterocycles. The Hall–Kier alpha value is -1.95. The molecule has 0 saturated carbocycles. The highest BCUT2D eigenvalue weighted by atomic mass is 79.9. The van der Waals surface area contributed by atoms with Crippen molar-refractivity contribution in [3.05, 3.63) is 63.6 Å². The van der Waals surface area contributed by atoms with Crippen molar-refractivity contribution in [2.45, 2.75) is 6.54 Å². The molecule has 0 aromatic heterocycles. The summed E-state index contributed by atoms with van der Waals surface area (Å²) in [6.07, 6.45) is 0. The lowest BCUT2D eigenvalue weighted by molar-refractivity contribution is 0.0692. The summed E-state index contributed by atoms with van der Waals surface area (Å²) in [6.45, 7) is 0.365. The molecule has 2 N–H and O–H groups in total. The molecule has 0 spiro atoms. The first-order chi connectivity index (χ1) is 9.47. The number of hydrogen-bond acceptors (Lipinski definition) is 2. The Balaban J connectivity index is 2.12. The number of hydrogen-bond donors (Lipinski definition) is 2. The molecule has 2 aromatic carbocycles. The van der Waals surface area contributed by atoms with Crippen molar-refractivity contribution < 1.29 is 18.7 Å². The van der Waals surface area contributed by atoms with E-state index in [1.54, 1.807) is 12.1 Å². The van der Waals surface area contributed by atoms with Gasteiger partial charge < -0.3 is 10.4 Å². The van der Waals surface area contributed by atoms with Crippen LogP contribution in [-0.2, 0) is 6.54 Å². The topological polar surface area (TPSA) is 49.3 Å². The molecule has 3 nitrogen and oxygen atoms in total. The fourth-order valence-corrected chi connectivity index (χ4v) is 2.08. The summed E-state index contributed by atoms with van der Waals surface area (Å²) in [5, 5.41) is 11.8. The third-order valence-corrected chi connectivity index (χ3v) is 3.29. The molecule has 0 fully saturated rings. The van der Waals surface area contributed by atoms with Gasteiger partial charge in [-0.1, -0.05) is 6.07 Å². The van der Waals surface area contributed by atoms with E-state index in [9.17, 15) is 13.6 Å². The van der Waals surface area contributed by atoms with Gasteiger partial charge in [0.25, 0.3) is 0 Å². The molecule has 0 amide bonds. The van der Waals surface area contributed by atoms with Gasteiger partial charge in [-0.3, -0.25) is 0 Å². The van der Waals surface area contributed by atoms with E-state index < -0.39 is 17.3 Å². The van der Waals surface area contributed by atoms with Gasteiger partial charge in [0.1, 0.15) is 11.6 Å². The number of anilines is 1. The second-order valence-electron chi connectivity index (χ2n) is 4.10. The minimum Gasteiger partial charge on any atom is -0.478 e. The van der Waals surface area contributed by atoms with Crippen molar-refractivity contribution in [2.24, 2.45) is 0 Å². The molecule has 2 rings (SSSR count). The van der Waals surface area contributed by atoms with Gasteiger partial charge >= 0.3 is 5.97 Å². The second-order valence-corrected chi connectivity index (χ2v) is 4.96. The lowest BCUT2D eigenvalue weighted by Gasteiger charge is -2.08. The summed E-state index contributed by atoms with van der Waals surface area (Å²) in [6, 6.07) is 8.30. The van der Waals surface area contributed by atoms with Gasteiger partial charge in [-0.05, 0) is 51.8 Å². The zero-order chi connectivity index (χ0) is 14.7. The number of carbonyl (C=O) groups is 1. The fraction of sp³-hybridized carbons (Fsp3) is 0.0714. The summed E-state index contributed by atoms with van der Waals surface area (Å²) in [5.74, 6) is -2.47. The Morgan fingerprint density at radius 3 is 2.50 bits per heavy atom. The zero-order valence-corrected chi connectivity index (χ0v) is 11.7. The largest absolute Gasteiger partial charge is 0.478 e. The maximum absolute atomic E-state index is 13.2. The van der Waals surface area contributed by atoms with Crippen LogP contribution in [0.15, 0.2) is 40.9 Å². The van der Waals surface area contributed by atoms with Gasteiger partial charge in [0.2, 0.25) is 0 Å². The summed E-state index contributed by atoms with van der Waals surface area (Å²) < 4.78 is 26.6. The van der Waals surface area contributed by atoms with Gasteiger partial charge in [0.05, 0.1) is 10.0 Å². The minimum absolute atomic E-state index is 0.349. The molecule has 0 radical (unpaired) electrons. The molecular formula is C14H10BrF2NO2. The average molecular weight is 342 g/mol. The van der Waals surface area contributed by atoms with E-state index in [1.165, 1.54) is 18.2 Å². The van der Waals surface area contributed by atoms with Crippen molar-refractivity contribution in [2.75, 3.05) is 5.32 Å². The smallest absolute Gasteiger partial charge is 0.338 e. The van der Waals surface area contributed by atoms with E-state index in [1.807, 2.05) is 0 Å². The molecule has 104 valence electrons. The van der Waals surface area contributed by atoms with Crippen molar-refractivity contribution in [3.63, 3.8) is 0 Å². The first-order valence-electron chi connectivity index (χ1n) is 5.68. The van der Waals surface area contributed by atoms with Crippen LogP contribution < -0.4 is 5.32 Å². The Morgan fingerprint density at radius 2 is 1.85 bits per heavy atom. The summed E-state index contributed by atoms with van der Waals surface area (Å²) in [5.41, 5.74) is 0.888. The molecule has 0 unspecified atom stereocenters. The Labute approximate surface area is 122 Å². The van der Waals surface area contributed by atoms with Crippen LogP contribution in [-0.4, -0.2) is 11.1 Å². The summed E-state index contributed by atoms with van der Waals surface area (Å²) in [7, 11) is 0. The van der Waals surface area contributed by atoms with E-state index in [2.05, 4.69) is 21.2 Å². The average Bonchev–Trinajstić information content (AvgIpc) is 2.41. The van der Waals surface area contributed by atoms with Crippen LogP contribution in [0.3, 0.4) is 0 Å². The van der Waals surface area contributed by atoms with Gasteiger partial charge in [-0.2, -0.15) is 0 Å². The van der Waals surface area contributed by atoms with Gasteiger partial charge in [-0.15, -0.1) is 0 Å². The molecular weight excluding hydrogens is 332 g/mol. The van der Waals surface area contributed by atoms with Crippen LogP contribution in [0.25, 0.3) is 0 Å². The number of carboxylic acids is 1. The van der Waals surface area contributed by atoms with Crippen LogP contribution >= 0.6 is 15.9 Å². The normalized spacial score (nSPS) is 10.3. The summed E-state index contributed by atoms with van der Waals surface area (Å²) in [4.78, 5) is 10.8. The number of nitrogens with one attached hydrogen (secondary N) is 1. The van der Waals surface area contributed by atoms with Gasteiger partial charge in [0.15, 0.2) is 0 Å². The number of halogens is 3.